The molecule has 0 aliphatic heterocycles. The van der Waals surface area contributed by atoms with Crippen molar-refractivity contribution in [2.75, 3.05) is 0 Å². The molecule has 18 heavy (non-hydrogen) atoms. The molecule has 0 bridgehead atoms. The molecule has 2 aromatic rings. The van der Waals surface area contributed by atoms with Crippen LogP contribution in [0.4, 0.5) is 0 Å². The maximum absolute atomic E-state index is 8.47. The second-order valence-electron chi connectivity index (χ2n) is 3.52. The first-order chi connectivity index (χ1) is 8.67. The summed E-state index contributed by atoms with van der Waals surface area (Å²) in [5, 5.41) is 12.4. The maximum atomic E-state index is 8.47. The summed E-state index contributed by atoms with van der Waals surface area (Å²) in [6.45, 7) is 0. The van der Waals surface area contributed by atoms with Crippen LogP contribution in [-0.4, -0.2) is 11.4 Å². The van der Waals surface area contributed by atoms with Gasteiger partial charge in [-0.05, 0) is 35.9 Å². The Morgan fingerprint density at radius 2 is 1.72 bits per heavy atom. The average Bonchev–Trinajstić information content (AvgIpc) is 2.28. The van der Waals surface area contributed by atoms with Crippen molar-refractivity contribution in [1.82, 2.24) is 0 Å². The third-order valence-electron chi connectivity index (χ3n) is 2.14. The first-order valence-electron chi connectivity index (χ1n) is 5.09. The fourth-order valence-corrected chi connectivity index (χ4v) is 1.95. The third-order valence-corrected chi connectivity index (χ3v) is 2.57. The predicted octanol–water partition coefficient (Wildman–Crippen LogP) is 4.59. The fourth-order valence-electron chi connectivity index (χ4n) is 1.45. The van der Waals surface area contributed by atoms with Crippen molar-refractivity contribution in [3.63, 3.8) is 0 Å². The van der Waals surface area contributed by atoms with Crippen LogP contribution in [0.25, 0.3) is 0 Å². The number of oxime groups is 1. The molecule has 0 spiro atoms. The van der Waals surface area contributed by atoms with Crippen molar-refractivity contribution in [3.8, 4) is 11.5 Å². The van der Waals surface area contributed by atoms with Gasteiger partial charge in [0.15, 0.2) is 0 Å². The lowest BCUT2D eigenvalue weighted by Crippen LogP contribution is -1.87. The van der Waals surface area contributed by atoms with Gasteiger partial charge in [-0.25, -0.2) is 0 Å². The Morgan fingerprint density at radius 3 is 2.39 bits per heavy atom. The normalized spacial score (nSPS) is 10.8. The van der Waals surface area contributed by atoms with Gasteiger partial charge in [0.05, 0.1) is 6.21 Å². The topological polar surface area (TPSA) is 41.8 Å². The van der Waals surface area contributed by atoms with Crippen LogP contribution in [0, 0.1) is 0 Å². The quantitative estimate of drug-likeness (QED) is 0.508. The Labute approximate surface area is 114 Å². The van der Waals surface area contributed by atoms with E-state index in [0.717, 1.165) is 5.56 Å². The fraction of sp³-hybridized carbons (Fsp3) is 0. The van der Waals surface area contributed by atoms with E-state index < -0.39 is 0 Å². The van der Waals surface area contributed by atoms with Gasteiger partial charge >= 0.3 is 0 Å². The summed E-state index contributed by atoms with van der Waals surface area (Å²) in [5.41, 5.74) is 0.725. The van der Waals surface area contributed by atoms with Gasteiger partial charge in [0, 0.05) is 10.0 Å². The summed E-state index contributed by atoms with van der Waals surface area (Å²) in [5.74, 6) is 1.15. The molecule has 92 valence electrons. The maximum Gasteiger partial charge on any atom is 0.130 e. The van der Waals surface area contributed by atoms with Gasteiger partial charge in [0.2, 0.25) is 0 Å². The summed E-state index contributed by atoms with van der Waals surface area (Å²) >= 11 is 11.8. The highest BCUT2D eigenvalue weighted by molar-refractivity contribution is 6.34. The molecule has 1 N–H and O–H groups in total. The number of nitrogens with zero attached hydrogens (tertiary/aromatic N) is 1. The van der Waals surface area contributed by atoms with Crippen LogP contribution in [0.1, 0.15) is 5.56 Å². The number of rotatable bonds is 3. The molecule has 0 amide bonds. The van der Waals surface area contributed by atoms with Gasteiger partial charge in [0.1, 0.15) is 11.5 Å². The number of hydrogen-bond acceptors (Lipinski definition) is 3. The Hall–Kier alpha value is -1.71. The van der Waals surface area contributed by atoms with Crippen molar-refractivity contribution in [1.29, 1.82) is 0 Å². The molecule has 0 radical (unpaired) electrons. The molecule has 0 aliphatic carbocycles. The second kappa shape index (κ2) is 5.76. The zero-order chi connectivity index (χ0) is 13.0. The predicted molar refractivity (Wildman–Crippen MR) is 72.4 cm³/mol. The first kappa shape index (κ1) is 12.7. The zero-order valence-corrected chi connectivity index (χ0v) is 10.7. The minimum absolute atomic E-state index is 0.505. The number of halogens is 2. The molecule has 0 aromatic heterocycles. The molecule has 3 nitrogen and oxygen atoms in total. The van der Waals surface area contributed by atoms with Crippen LogP contribution >= 0.6 is 23.2 Å². The van der Waals surface area contributed by atoms with Crippen molar-refractivity contribution in [3.05, 3.63) is 58.1 Å². The molecular formula is C13H9Cl2NO2. The van der Waals surface area contributed by atoms with Gasteiger partial charge in [-0.15, -0.1) is 0 Å². The average molecular weight is 282 g/mol. The van der Waals surface area contributed by atoms with E-state index in [4.69, 9.17) is 33.1 Å². The highest BCUT2D eigenvalue weighted by Gasteiger charge is 2.01. The SMILES string of the molecule is ON=Cc1cccc(Oc2cc(Cl)cc(Cl)c2)c1. The van der Waals surface area contributed by atoms with Crippen LogP contribution < -0.4 is 4.74 Å². The lowest BCUT2D eigenvalue weighted by molar-refractivity contribution is 0.322. The molecular weight excluding hydrogens is 273 g/mol. The van der Waals surface area contributed by atoms with Crippen molar-refractivity contribution in [2.45, 2.75) is 0 Å². The van der Waals surface area contributed by atoms with Gasteiger partial charge in [-0.3, -0.25) is 0 Å². The number of benzene rings is 2. The minimum Gasteiger partial charge on any atom is -0.457 e. The summed E-state index contributed by atoms with van der Waals surface area (Å²) < 4.78 is 5.61. The Morgan fingerprint density at radius 1 is 1.00 bits per heavy atom. The molecule has 0 atom stereocenters. The van der Waals surface area contributed by atoms with E-state index in [1.807, 2.05) is 0 Å². The molecule has 2 aromatic carbocycles. The standard InChI is InChI=1S/C13H9Cl2NO2/c14-10-5-11(15)7-13(6-10)18-12-3-1-2-9(4-12)8-16-17/h1-8,17H. The molecule has 0 aliphatic rings. The lowest BCUT2D eigenvalue weighted by atomic mass is 10.2. The van der Waals surface area contributed by atoms with E-state index in [2.05, 4.69) is 5.16 Å². The smallest absolute Gasteiger partial charge is 0.130 e. The highest BCUT2D eigenvalue weighted by Crippen LogP contribution is 2.28. The summed E-state index contributed by atoms with van der Waals surface area (Å²) in [6.07, 6.45) is 1.32. The van der Waals surface area contributed by atoms with E-state index in [-0.39, 0.29) is 0 Å². The third kappa shape index (κ3) is 3.39. The van der Waals surface area contributed by atoms with Crippen LogP contribution in [0.3, 0.4) is 0 Å². The van der Waals surface area contributed by atoms with E-state index in [0.29, 0.717) is 21.5 Å². The molecule has 0 unspecified atom stereocenters. The van der Waals surface area contributed by atoms with Gasteiger partial charge < -0.3 is 9.94 Å². The zero-order valence-electron chi connectivity index (χ0n) is 9.18. The number of ether oxygens (including phenoxy) is 1. The number of hydrogen-bond donors (Lipinski definition) is 1. The largest absolute Gasteiger partial charge is 0.457 e. The Kier molecular flexibility index (Phi) is 4.07. The molecule has 0 heterocycles. The lowest BCUT2D eigenvalue weighted by Gasteiger charge is -2.07. The summed E-state index contributed by atoms with van der Waals surface area (Å²) in [6, 6.07) is 12.1. The van der Waals surface area contributed by atoms with E-state index in [9.17, 15) is 0 Å². The van der Waals surface area contributed by atoms with Gasteiger partial charge in [0.25, 0.3) is 0 Å². The van der Waals surface area contributed by atoms with Crippen molar-refractivity contribution >= 4 is 29.4 Å². The van der Waals surface area contributed by atoms with E-state index in [1.165, 1.54) is 6.21 Å². The van der Waals surface area contributed by atoms with Gasteiger partial charge in [-0.1, -0.05) is 40.5 Å². The molecule has 0 saturated carbocycles. The Balaban J connectivity index is 2.25. The highest BCUT2D eigenvalue weighted by atomic mass is 35.5. The van der Waals surface area contributed by atoms with Crippen LogP contribution in [0.5, 0.6) is 11.5 Å². The van der Waals surface area contributed by atoms with Crippen LogP contribution in [0.2, 0.25) is 10.0 Å². The molecule has 5 heteroatoms. The molecule has 0 saturated heterocycles. The van der Waals surface area contributed by atoms with E-state index in [1.54, 1.807) is 42.5 Å². The second-order valence-corrected chi connectivity index (χ2v) is 4.40. The molecule has 2 rings (SSSR count). The summed E-state index contributed by atoms with van der Waals surface area (Å²) in [7, 11) is 0. The van der Waals surface area contributed by atoms with Crippen molar-refractivity contribution < 1.29 is 9.94 Å². The van der Waals surface area contributed by atoms with E-state index >= 15 is 0 Å². The minimum atomic E-state index is 0.505. The molecule has 0 fully saturated rings. The van der Waals surface area contributed by atoms with Gasteiger partial charge in [-0.2, -0.15) is 0 Å². The Bertz CT molecular complexity index is 565. The monoisotopic (exact) mass is 281 g/mol. The first-order valence-corrected chi connectivity index (χ1v) is 5.84. The van der Waals surface area contributed by atoms with Crippen LogP contribution in [0.15, 0.2) is 47.6 Å². The summed E-state index contributed by atoms with van der Waals surface area (Å²) in [4.78, 5) is 0. The van der Waals surface area contributed by atoms with Crippen LogP contribution in [-0.2, 0) is 0 Å². The van der Waals surface area contributed by atoms with Crippen molar-refractivity contribution in [2.24, 2.45) is 5.16 Å².